The standard InChI is InChI=1S/C29H28N4O3S/c1-19-9-11-21(12-10-19)37(35)33-16-15-22-24(17-32(3)29(34)27(22)33)23-13-14-25(31-2)26(30)28(23)36-18-20-7-5-4-6-8-20/h4-17,31H,18,30H2,1-3H3. The van der Waals surface area contributed by atoms with Crippen LogP contribution in [-0.4, -0.2) is 19.8 Å². The number of nitrogen functional groups attached to an aromatic ring is 1. The number of aryl methyl sites for hydroxylation is 2. The molecule has 0 radical (unpaired) electrons. The van der Waals surface area contributed by atoms with Gasteiger partial charge in [-0.1, -0.05) is 48.0 Å². The third-order valence-corrected chi connectivity index (χ3v) is 7.71. The summed E-state index contributed by atoms with van der Waals surface area (Å²) in [6.07, 6.45) is 3.47. The Labute approximate surface area is 217 Å². The molecular formula is C29H28N4O3S. The first-order valence-electron chi connectivity index (χ1n) is 11.9. The van der Waals surface area contributed by atoms with Gasteiger partial charge < -0.3 is 20.4 Å². The number of hydrogen-bond donors (Lipinski definition) is 2. The lowest BCUT2D eigenvalue weighted by Crippen LogP contribution is -2.20. The molecule has 2 aromatic heterocycles. The van der Waals surface area contributed by atoms with E-state index in [0.29, 0.717) is 33.8 Å². The van der Waals surface area contributed by atoms with E-state index in [4.69, 9.17) is 10.5 Å². The van der Waals surface area contributed by atoms with Crippen molar-refractivity contribution in [2.45, 2.75) is 18.4 Å². The van der Waals surface area contributed by atoms with Crippen LogP contribution in [0.3, 0.4) is 0 Å². The van der Waals surface area contributed by atoms with E-state index in [1.54, 1.807) is 26.5 Å². The normalized spacial score (nSPS) is 12.0. The van der Waals surface area contributed by atoms with Crippen LogP contribution in [0.1, 0.15) is 11.1 Å². The molecule has 1 unspecified atom stereocenters. The number of anilines is 2. The highest BCUT2D eigenvalue weighted by atomic mass is 32.2. The summed E-state index contributed by atoms with van der Waals surface area (Å²) < 4.78 is 22.8. The smallest absolute Gasteiger partial charge is 0.275 e. The minimum absolute atomic E-state index is 0.240. The van der Waals surface area contributed by atoms with Crippen LogP contribution >= 0.6 is 0 Å². The highest BCUT2D eigenvalue weighted by Crippen LogP contribution is 2.42. The third-order valence-electron chi connectivity index (χ3n) is 6.37. The number of aromatic nitrogens is 2. The molecule has 0 saturated heterocycles. The van der Waals surface area contributed by atoms with Gasteiger partial charge in [0.2, 0.25) is 0 Å². The Morgan fingerprint density at radius 1 is 0.973 bits per heavy atom. The van der Waals surface area contributed by atoms with Crippen LogP contribution in [0.4, 0.5) is 11.4 Å². The van der Waals surface area contributed by atoms with Gasteiger partial charge in [0.05, 0.1) is 16.3 Å². The summed E-state index contributed by atoms with van der Waals surface area (Å²) in [5, 5.41) is 3.78. The summed E-state index contributed by atoms with van der Waals surface area (Å²) >= 11 is 0. The molecule has 8 heteroatoms. The maximum absolute atomic E-state index is 13.5. The Kier molecular flexibility index (Phi) is 6.58. The Hall–Kier alpha value is -4.30. The van der Waals surface area contributed by atoms with Crippen LogP contribution in [0.15, 0.2) is 94.9 Å². The summed E-state index contributed by atoms with van der Waals surface area (Å²) in [7, 11) is 1.90. The van der Waals surface area contributed by atoms with E-state index in [0.717, 1.165) is 27.9 Å². The Morgan fingerprint density at radius 2 is 1.70 bits per heavy atom. The molecule has 0 aliphatic heterocycles. The first-order chi connectivity index (χ1) is 17.9. The molecule has 0 bridgehead atoms. The zero-order chi connectivity index (χ0) is 26.1. The van der Waals surface area contributed by atoms with Crippen molar-refractivity contribution in [1.29, 1.82) is 0 Å². The quantitative estimate of drug-likeness (QED) is 0.297. The third kappa shape index (κ3) is 4.51. The first kappa shape index (κ1) is 24.4. The van der Waals surface area contributed by atoms with Crippen molar-refractivity contribution in [3.63, 3.8) is 0 Å². The molecule has 3 aromatic carbocycles. The zero-order valence-electron chi connectivity index (χ0n) is 20.9. The van der Waals surface area contributed by atoms with Gasteiger partial charge in [0, 0.05) is 43.0 Å². The number of pyridine rings is 1. The first-order valence-corrected chi connectivity index (χ1v) is 13.0. The maximum atomic E-state index is 13.5. The van der Waals surface area contributed by atoms with Gasteiger partial charge in [0.25, 0.3) is 5.56 Å². The number of fused-ring (bicyclic) bond motifs is 1. The lowest BCUT2D eigenvalue weighted by atomic mass is 10.0. The van der Waals surface area contributed by atoms with Gasteiger partial charge in [-0.05, 0) is 42.8 Å². The molecule has 37 heavy (non-hydrogen) atoms. The second-order valence-electron chi connectivity index (χ2n) is 8.85. The molecule has 5 rings (SSSR count). The van der Waals surface area contributed by atoms with Crippen molar-refractivity contribution in [2.24, 2.45) is 7.05 Å². The van der Waals surface area contributed by atoms with E-state index in [9.17, 15) is 9.00 Å². The molecule has 0 spiro atoms. The molecule has 0 amide bonds. The van der Waals surface area contributed by atoms with E-state index in [1.807, 2.05) is 79.7 Å². The van der Waals surface area contributed by atoms with Crippen LogP contribution in [0.2, 0.25) is 0 Å². The van der Waals surface area contributed by atoms with Gasteiger partial charge in [-0.3, -0.25) is 8.77 Å². The number of ether oxygens (including phenoxy) is 1. The lowest BCUT2D eigenvalue weighted by Gasteiger charge is -2.18. The largest absolute Gasteiger partial charge is 0.486 e. The molecule has 5 aromatic rings. The lowest BCUT2D eigenvalue weighted by molar-refractivity contribution is 0.309. The fraction of sp³-hybridized carbons (Fsp3) is 0.138. The highest BCUT2D eigenvalue weighted by Gasteiger charge is 2.21. The second-order valence-corrected chi connectivity index (χ2v) is 10.2. The minimum Gasteiger partial charge on any atom is -0.486 e. The number of nitrogens with zero attached hydrogens (tertiary/aromatic N) is 2. The van der Waals surface area contributed by atoms with Crippen molar-refractivity contribution in [3.8, 4) is 16.9 Å². The van der Waals surface area contributed by atoms with Crippen LogP contribution in [-0.2, 0) is 24.6 Å². The molecule has 0 fully saturated rings. The van der Waals surface area contributed by atoms with Crippen molar-refractivity contribution in [2.75, 3.05) is 18.1 Å². The molecule has 7 nitrogen and oxygen atoms in total. The van der Waals surface area contributed by atoms with Crippen molar-refractivity contribution in [1.82, 2.24) is 8.54 Å². The van der Waals surface area contributed by atoms with Crippen molar-refractivity contribution < 1.29 is 8.95 Å². The van der Waals surface area contributed by atoms with Crippen LogP contribution in [0.5, 0.6) is 5.75 Å². The van der Waals surface area contributed by atoms with Crippen LogP contribution in [0, 0.1) is 6.92 Å². The molecule has 188 valence electrons. The van der Waals surface area contributed by atoms with Gasteiger partial charge in [-0.25, -0.2) is 4.21 Å². The molecule has 0 aliphatic rings. The number of nitrogens with two attached hydrogens (primary N) is 1. The summed E-state index contributed by atoms with van der Waals surface area (Å²) in [5.74, 6) is 0.517. The second kappa shape index (κ2) is 9.99. The van der Waals surface area contributed by atoms with E-state index in [-0.39, 0.29) is 5.56 Å². The van der Waals surface area contributed by atoms with Gasteiger partial charge in [-0.15, -0.1) is 0 Å². The molecule has 2 heterocycles. The monoisotopic (exact) mass is 512 g/mol. The number of nitrogens with one attached hydrogen (secondary N) is 1. The van der Waals surface area contributed by atoms with E-state index in [1.165, 1.54) is 8.54 Å². The molecule has 3 N–H and O–H groups in total. The maximum Gasteiger partial charge on any atom is 0.275 e. The van der Waals surface area contributed by atoms with E-state index in [2.05, 4.69) is 5.32 Å². The van der Waals surface area contributed by atoms with Crippen molar-refractivity contribution in [3.05, 3.63) is 107 Å². The van der Waals surface area contributed by atoms with E-state index >= 15 is 0 Å². The summed E-state index contributed by atoms with van der Waals surface area (Å²) in [6, 6.07) is 22.9. The number of benzene rings is 3. The predicted octanol–water partition coefficient (Wildman–Crippen LogP) is 5.09. The molecule has 0 aliphatic carbocycles. The fourth-order valence-electron chi connectivity index (χ4n) is 4.37. The Balaban J connectivity index is 1.67. The number of hydrogen-bond acceptors (Lipinski definition) is 5. The topological polar surface area (TPSA) is 91.3 Å². The Bertz CT molecular complexity index is 1670. The summed E-state index contributed by atoms with van der Waals surface area (Å²) in [5.41, 5.74) is 11.4. The molecular weight excluding hydrogens is 484 g/mol. The minimum atomic E-state index is -1.59. The van der Waals surface area contributed by atoms with Gasteiger partial charge in [-0.2, -0.15) is 0 Å². The van der Waals surface area contributed by atoms with Gasteiger partial charge >= 0.3 is 0 Å². The Morgan fingerprint density at radius 3 is 2.41 bits per heavy atom. The van der Waals surface area contributed by atoms with Crippen LogP contribution in [0.25, 0.3) is 22.0 Å². The summed E-state index contributed by atoms with van der Waals surface area (Å²) in [6.45, 7) is 2.31. The average Bonchev–Trinajstić information content (AvgIpc) is 3.36. The molecule has 0 saturated carbocycles. The SMILES string of the molecule is CNc1ccc(-c2cn(C)c(=O)c3c2ccn3S(=O)c2ccc(C)cc2)c(OCc2ccccc2)c1N. The fourth-order valence-corrected chi connectivity index (χ4v) is 5.48. The van der Waals surface area contributed by atoms with Gasteiger partial charge in [0.1, 0.15) is 12.1 Å². The van der Waals surface area contributed by atoms with E-state index < -0.39 is 11.0 Å². The van der Waals surface area contributed by atoms with Crippen LogP contribution < -0.4 is 21.3 Å². The average molecular weight is 513 g/mol. The highest BCUT2D eigenvalue weighted by molar-refractivity contribution is 7.83. The molecule has 1 atom stereocenters. The summed E-state index contributed by atoms with van der Waals surface area (Å²) in [4.78, 5) is 13.9. The van der Waals surface area contributed by atoms with Crippen molar-refractivity contribution >= 4 is 33.3 Å². The van der Waals surface area contributed by atoms with Gasteiger partial charge in [0.15, 0.2) is 16.7 Å². The zero-order valence-corrected chi connectivity index (χ0v) is 21.7. The predicted molar refractivity (Wildman–Crippen MR) is 150 cm³/mol. The number of rotatable bonds is 7.